The molecule has 75 heavy (non-hydrogen) atoms. The van der Waals surface area contributed by atoms with Crippen LogP contribution in [0.15, 0.2) is 69.7 Å². The highest BCUT2D eigenvalue weighted by Gasteiger charge is 2.36. The zero-order valence-corrected chi connectivity index (χ0v) is 46.3. The van der Waals surface area contributed by atoms with Gasteiger partial charge in [0.15, 0.2) is 23.0 Å². The van der Waals surface area contributed by atoms with Gasteiger partial charge in [-0.2, -0.15) is 0 Å². The average Bonchev–Trinajstić information content (AvgIpc) is 3.98. The standard InChI is InChI=1S/C55H73N7O11S2/c1-9-37-22-41-30-57-46-28-50(48(67-7)26-44(46)53(64)61(41)32-37)72-34-39-24-43(71-16-14-60(13-15-69-19-20-70-18-17-66-6)36-55(3,4)75-74-21-11-12-52(63)56-5)25-40(59-39)35-73-51-29-47-45(27-49(51)68-8)54(65)62-33-38(10-2)23-42(62)31-58-47/h9-10,24-31,41-42H,11-23,32-36H2,1-8H3,(H,56,63)/b37-9+,38-10+/t41-,42-/m0/s1. The van der Waals surface area contributed by atoms with Gasteiger partial charge in [-0.3, -0.25) is 34.3 Å². The highest BCUT2D eigenvalue weighted by molar-refractivity contribution is 8.77. The number of aliphatic imine (C=N–C) groups is 2. The molecule has 2 fully saturated rings. The summed E-state index contributed by atoms with van der Waals surface area (Å²) in [7, 11) is 9.99. The number of hydrogen-bond donors (Lipinski definition) is 1. The van der Waals surface area contributed by atoms with Crippen LogP contribution in [-0.2, 0) is 32.2 Å². The molecule has 3 aromatic rings. The van der Waals surface area contributed by atoms with Crippen molar-refractivity contribution in [2.24, 2.45) is 9.98 Å². The van der Waals surface area contributed by atoms with E-state index in [2.05, 4.69) is 36.2 Å². The summed E-state index contributed by atoms with van der Waals surface area (Å²) in [5.41, 5.74) is 5.39. The molecule has 4 aliphatic heterocycles. The van der Waals surface area contributed by atoms with Gasteiger partial charge in [0.1, 0.15) is 25.6 Å². The Kier molecular flexibility index (Phi) is 21.3. The van der Waals surface area contributed by atoms with Crippen molar-refractivity contribution in [1.82, 2.24) is 25.0 Å². The molecule has 0 aliphatic carbocycles. The lowest BCUT2D eigenvalue weighted by Gasteiger charge is -2.32. The summed E-state index contributed by atoms with van der Waals surface area (Å²) < 4.78 is 47.6. The molecule has 20 heteroatoms. The number of hydrogen-bond acceptors (Lipinski definition) is 17. The van der Waals surface area contributed by atoms with E-state index in [1.54, 1.807) is 63.4 Å². The number of nitrogens with one attached hydrogen (secondary N) is 1. The molecular weight excluding hydrogens is 999 g/mol. The molecule has 2 aromatic carbocycles. The Balaban J connectivity index is 1.09. The molecule has 2 atom stereocenters. The molecule has 0 spiro atoms. The van der Waals surface area contributed by atoms with Crippen LogP contribution < -0.4 is 29.0 Å². The Morgan fingerprint density at radius 1 is 0.733 bits per heavy atom. The summed E-state index contributed by atoms with van der Waals surface area (Å²) in [5.74, 6) is 2.85. The SMILES string of the molecule is C/C=C1\C[C@H]2C=Nc3cc(OCc4cc(OCCN(CCOCCOCCOC)CC(C)(C)SSCCCC(=O)NC)cc(COc5cc6c(cc5OC)C(=O)N5C/C(=C/C)C[C@H]5C=N6)n4)c(OC)cc3C(=O)N2C1. The summed E-state index contributed by atoms with van der Waals surface area (Å²) in [5, 5.41) is 2.69. The fourth-order valence-corrected chi connectivity index (χ4v) is 11.7. The normalized spacial score (nSPS) is 18.0. The number of pyridine rings is 1. The number of fused-ring (bicyclic) bond motifs is 4. The van der Waals surface area contributed by atoms with Crippen LogP contribution in [0.2, 0.25) is 0 Å². The quantitative estimate of drug-likeness (QED) is 0.0400. The Bertz CT molecular complexity index is 2460. The number of allylic oxidation sites excluding steroid dienone is 2. The molecule has 4 aliphatic rings. The first-order chi connectivity index (χ1) is 36.3. The van der Waals surface area contributed by atoms with Gasteiger partial charge < -0.3 is 53.0 Å². The monoisotopic (exact) mass is 1070 g/mol. The number of methoxy groups -OCH3 is 3. The summed E-state index contributed by atoms with van der Waals surface area (Å²) in [6.07, 6.45) is 10.6. The lowest BCUT2D eigenvalue weighted by Crippen LogP contribution is -2.40. The van der Waals surface area contributed by atoms with Crippen LogP contribution in [0.5, 0.6) is 28.7 Å². The topological polar surface area (TPSA) is 184 Å². The molecule has 0 radical (unpaired) electrons. The molecule has 0 bridgehead atoms. The highest BCUT2D eigenvalue weighted by Crippen LogP contribution is 2.41. The van der Waals surface area contributed by atoms with Crippen molar-refractivity contribution in [3.63, 3.8) is 0 Å². The first kappa shape index (κ1) is 57.1. The third kappa shape index (κ3) is 15.7. The Morgan fingerprint density at radius 3 is 1.79 bits per heavy atom. The van der Waals surface area contributed by atoms with Crippen LogP contribution in [0.3, 0.4) is 0 Å². The minimum Gasteiger partial charge on any atom is -0.493 e. The van der Waals surface area contributed by atoms with Gasteiger partial charge in [0.05, 0.1) is 93.2 Å². The number of aromatic nitrogens is 1. The zero-order valence-electron chi connectivity index (χ0n) is 44.6. The number of amides is 3. The number of carbonyl (C=O) groups is 3. The summed E-state index contributed by atoms with van der Waals surface area (Å²) >= 11 is 0. The maximum atomic E-state index is 13.8. The molecule has 0 saturated carbocycles. The molecule has 1 aromatic heterocycles. The van der Waals surface area contributed by atoms with E-state index >= 15 is 0 Å². The second-order valence-corrected chi connectivity index (χ2v) is 22.2. The molecule has 18 nitrogen and oxygen atoms in total. The van der Waals surface area contributed by atoms with Crippen molar-refractivity contribution >= 4 is 63.1 Å². The molecular formula is C55H73N7O11S2. The third-order valence-corrected chi connectivity index (χ3v) is 16.5. The van der Waals surface area contributed by atoms with Gasteiger partial charge in [-0.25, -0.2) is 0 Å². The molecule has 0 unspecified atom stereocenters. The van der Waals surface area contributed by atoms with E-state index in [0.29, 0.717) is 135 Å². The fraction of sp³-hybridized carbons (Fsp3) is 0.527. The highest BCUT2D eigenvalue weighted by atomic mass is 33.1. The van der Waals surface area contributed by atoms with Gasteiger partial charge in [0.25, 0.3) is 11.8 Å². The van der Waals surface area contributed by atoms with Gasteiger partial charge in [0.2, 0.25) is 5.91 Å². The van der Waals surface area contributed by atoms with E-state index < -0.39 is 0 Å². The van der Waals surface area contributed by atoms with Gasteiger partial charge >= 0.3 is 0 Å². The van der Waals surface area contributed by atoms with E-state index in [-0.39, 0.29) is 47.8 Å². The van der Waals surface area contributed by atoms with E-state index in [0.717, 1.165) is 31.6 Å². The maximum absolute atomic E-state index is 13.8. The van der Waals surface area contributed by atoms with Crippen molar-refractivity contribution in [2.75, 3.05) is 106 Å². The zero-order chi connectivity index (χ0) is 53.3. The minimum atomic E-state index is -0.128. The molecule has 3 amide bonds. The van der Waals surface area contributed by atoms with Gasteiger partial charge in [0, 0.05) is 100 Å². The molecule has 1 N–H and O–H groups in total. The first-order valence-corrected chi connectivity index (χ1v) is 27.9. The van der Waals surface area contributed by atoms with Crippen molar-refractivity contribution in [3.05, 3.63) is 82.2 Å². The van der Waals surface area contributed by atoms with Gasteiger partial charge in [-0.1, -0.05) is 44.9 Å². The summed E-state index contributed by atoms with van der Waals surface area (Å²) in [4.78, 5) is 59.9. The molecule has 2 saturated heterocycles. The Labute approximate surface area is 449 Å². The minimum absolute atomic E-state index is 0.0207. The molecule has 7 rings (SSSR count). The van der Waals surface area contributed by atoms with Gasteiger partial charge in [-0.05, 0) is 59.1 Å². The number of carbonyl (C=O) groups excluding carboxylic acids is 3. The van der Waals surface area contributed by atoms with Crippen LogP contribution in [0.1, 0.15) is 85.5 Å². The second-order valence-electron chi connectivity index (χ2n) is 19.0. The first-order valence-electron chi connectivity index (χ1n) is 25.5. The average molecular weight is 1070 g/mol. The summed E-state index contributed by atoms with van der Waals surface area (Å²) in [6.45, 7) is 14.5. The van der Waals surface area contributed by atoms with Crippen molar-refractivity contribution in [3.8, 4) is 28.7 Å². The van der Waals surface area contributed by atoms with Crippen LogP contribution in [-0.4, -0.2) is 173 Å². The van der Waals surface area contributed by atoms with Gasteiger partial charge in [-0.15, -0.1) is 0 Å². The largest absolute Gasteiger partial charge is 0.493 e. The maximum Gasteiger partial charge on any atom is 0.257 e. The Hall–Kier alpha value is -5.64. The number of nitrogens with zero attached hydrogens (tertiary/aromatic N) is 6. The fourth-order valence-electron chi connectivity index (χ4n) is 9.09. The smallest absolute Gasteiger partial charge is 0.257 e. The predicted octanol–water partition coefficient (Wildman–Crippen LogP) is 8.06. The van der Waals surface area contributed by atoms with Crippen LogP contribution >= 0.6 is 21.6 Å². The lowest BCUT2D eigenvalue weighted by molar-refractivity contribution is -0.120. The molecule has 406 valence electrons. The summed E-state index contributed by atoms with van der Waals surface area (Å²) in [6, 6.07) is 10.3. The number of benzene rings is 2. The van der Waals surface area contributed by atoms with E-state index in [1.807, 2.05) is 59.0 Å². The lowest BCUT2D eigenvalue weighted by atomic mass is 10.1. The number of rotatable bonds is 29. The van der Waals surface area contributed by atoms with Crippen LogP contribution in [0.25, 0.3) is 0 Å². The van der Waals surface area contributed by atoms with E-state index in [4.69, 9.17) is 52.9 Å². The number of ether oxygens (including phenoxy) is 8. The predicted molar refractivity (Wildman–Crippen MR) is 294 cm³/mol. The van der Waals surface area contributed by atoms with E-state index in [9.17, 15) is 14.4 Å². The second kappa shape index (κ2) is 27.9. The van der Waals surface area contributed by atoms with E-state index in [1.165, 1.54) is 11.1 Å². The molecule has 5 heterocycles. The van der Waals surface area contributed by atoms with Crippen LogP contribution in [0, 0.1) is 0 Å². The third-order valence-electron chi connectivity index (χ3n) is 13.1. The van der Waals surface area contributed by atoms with Crippen molar-refractivity contribution in [2.45, 2.75) is 83.4 Å². The van der Waals surface area contributed by atoms with Crippen molar-refractivity contribution < 1.29 is 52.3 Å². The Morgan fingerprint density at radius 2 is 1.27 bits per heavy atom. The van der Waals surface area contributed by atoms with Crippen molar-refractivity contribution in [1.29, 1.82) is 0 Å². The van der Waals surface area contributed by atoms with Crippen LogP contribution in [0.4, 0.5) is 11.4 Å².